The molecule has 0 unspecified atom stereocenters. The first-order chi connectivity index (χ1) is 8.24. The fourth-order valence-electron chi connectivity index (χ4n) is 1.04. The van der Waals surface area contributed by atoms with Crippen LogP contribution in [0.5, 0.6) is 0 Å². The van der Waals surface area contributed by atoms with Crippen molar-refractivity contribution >= 4 is 16.2 Å². The number of hydrogen-bond acceptors (Lipinski definition) is 6. The highest BCUT2D eigenvalue weighted by Gasteiger charge is 2.47. The predicted molar refractivity (Wildman–Crippen MR) is 49.8 cm³/mol. The van der Waals surface area contributed by atoms with Crippen molar-refractivity contribution in [1.29, 1.82) is 0 Å². The average Bonchev–Trinajstić information content (AvgIpc) is 2.28. The number of ether oxygens (including phenoxy) is 2. The first kappa shape index (κ1) is 15.0. The SMILES string of the molecule is O=C(OCOS(=O)(=O)C(F)(F)F)N1CCOCC1. The van der Waals surface area contributed by atoms with E-state index in [0.717, 1.165) is 4.90 Å². The molecule has 0 N–H and O–H groups in total. The third-order valence-electron chi connectivity index (χ3n) is 1.94. The molecule has 1 amide bonds. The van der Waals surface area contributed by atoms with E-state index < -0.39 is 28.5 Å². The summed E-state index contributed by atoms with van der Waals surface area (Å²) in [6, 6.07) is 0. The summed E-state index contributed by atoms with van der Waals surface area (Å²) >= 11 is 0. The summed E-state index contributed by atoms with van der Waals surface area (Å²) in [6.07, 6.45) is -0.962. The minimum absolute atomic E-state index is 0.213. The van der Waals surface area contributed by atoms with E-state index in [-0.39, 0.29) is 26.3 Å². The van der Waals surface area contributed by atoms with Crippen LogP contribution in [0.1, 0.15) is 0 Å². The summed E-state index contributed by atoms with van der Waals surface area (Å²) in [5, 5.41) is 0. The molecule has 1 aliphatic heterocycles. The van der Waals surface area contributed by atoms with Gasteiger partial charge in [-0.05, 0) is 0 Å². The molecule has 0 aliphatic carbocycles. The molecule has 11 heteroatoms. The van der Waals surface area contributed by atoms with Crippen molar-refractivity contribution in [3.05, 3.63) is 0 Å². The van der Waals surface area contributed by atoms with Gasteiger partial charge in [0.05, 0.1) is 13.2 Å². The lowest BCUT2D eigenvalue weighted by molar-refractivity contribution is -0.0630. The Labute approximate surface area is 101 Å². The number of hydrogen-bond donors (Lipinski definition) is 0. The Balaban J connectivity index is 2.35. The molecule has 106 valence electrons. The van der Waals surface area contributed by atoms with Gasteiger partial charge in [-0.3, -0.25) is 0 Å². The van der Waals surface area contributed by atoms with Crippen LogP contribution in [0.2, 0.25) is 0 Å². The normalized spacial score (nSPS) is 17.6. The molecular weight excluding hydrogens is 283 g/mol. The minimum atomic E-state index is -5.74. The molecular formula is C7H10F3NO6S. The molecule has 7 nitrogen and oxygen atoms in total. The smallest absolute Gasteiger partial charge is 0.421 e. The zero-order valence-corrected chi connectivity index (χ0v) is 9.79. The second-order valence-electron chi connectivity index (χ2n) is 3.15. The molecule has 0 aromatic rings. The van der Waals surface area contributed by atoms with Gasteiger partial charge in [-0.25, -0.2) is 8.98 Å². The summed E-state index contributed by atoms with van der Waals surface area (Å²) in [5.74, 6) is 0. The van der Waals surface area contributed by atoms with E-state index in [2.05, 4.69) is 8.92 Å². The average molecular weight is 293 g/mol. The largest absolute Gasteiger partial charge is 0.523 e. The molecule has 0 spiro atoms. The van der Waals surface area contributed by atoms with Gasteiger partial charge in [0, 0.05) is 13.1 Å². The third kappa shape index (κ3) is 3.99. The van der Waals surface area contributed by atoms with E-state index in [1.807, 2.05) is 0 Å². The summed E-state index contributed by atoms with van der Waals surface area (Å²) < 4.78 is 69.0. The zero-order chi connectivity index (χ0) is 13.8. The Morgan fingerprint density at radius 2 is 1.83 bits per heavy atom. The maximum Gasteiger partial charge on any atom is 0.523 e. The Kier molecular flexibility index (Phi) is 4.76. The number of alkyl halides is 3. The van der Waals surface area contributed by atoms with E-state index >= 15 is 0 Å². The fraction of sp³-hybridized carbons (Fsp3) is 0.857. The van der Waals surface area contributed by atoms with E-state index in [0.29, 0.717) is 0 Å². The summed E-state index contributed by atoms with van der Waals surface area (Å²) in [4.78, 5) is 12.4. The molecule has 0 saturated carbocycles. The number of morpholine rings is 1. The van der Waals surface area contributed by atoms with Crippen LogP contribution < -0.4 is 0 Å². The fourth-order valence-corrected chi connectivity index (χ4v) is 1.35. The number of carbonyl (C=O) groups is 1. The summed E-state index contributed by atoms with van der Waals surface area (Å²) in [6.45, 7) is -0.346. The third-order valence-corrected chi connectivity index (χ3v) is 2.91. The van der Waals surface area contributed by atoms with Crippen molar-refractivity contribution in [1.82, 2.24) is 4.90 Å². The quantitative estimate of drug-likeness (QED) is 0.422. The summed E-state index contributed by atoms with van der Waals surface area (Å²) in [5.41, 5.74) is -5.54. The van der Waals surface area contributed by atoms with Crippen LogP contribution in [-0.2, 0) is 23.8 Å². The van der Waals surface area contributed by atoms with Gasteiger partial charge in [0.15, 0.2) is 0 Å². The second kappa shape index (κ2) is 5.71. The predicted octanol–water partition coefficient (Wildman–Crippen LogP) is 0.279. The molecule has 1 saturated heterocycles. The van der Waals surface area contributed by atoms with Gasteiger partial charge in [0.1, 0.15) is 0 Å². The van der Waals surface area contributed by atoms with Gasteiger partial charge < -0.3 is 14.4 Å². The van der Waals surface area contributed by atoms with Crippen LogP contribution in [0, 0.1) is 0 Å². The van der Waals surface area contributed by atoms with Gasteiger partial charge in [-0.1, -0.05) is 0 Å². The molecule has 1 aliphatic rings. The standard InChI is InChI=1S/C7H10F3NO6S/c8-7(9,10)18(13,14)17-5-16-6(12)11-1-3-15-4-2-11/h1-5H2. The van der Waals surface area contributed by atoms with Crippen molar-refractivity contribution in [2.45, 2.75) is 5.51 Å². The van der Waals surface area contributed by atoms with Crippen molar-refractivity contribution in [3.63, 3.8) is 0 Å². The Bertz CT molecular complexity index is 388. The lowest BCUT2D eigenvalue weighted by atomic mass is 10.5. The Morgan fingerprint density at radius 3 is 2.33 bits per heavy atom. The Morgan fingerprint density at radius 1 is 1.28 bits per heavy atom. The number of nitrogens with zero attached hydrogens (tertiary/aromatic N) is 1. The first-order valence-electron chi connectivity index (χ1n) is 4.69. The van der Waals surface area contributed by atoms with Crippen LogP contribution in [-0.4, -0.2) is 58.0 Å². The number of carbonyl (C=O) groups excluding carboxylic acids is 1. The van der Waals surface area contributed by atoms with Crippen LogP contribution in [0.15, 0.2) is 0 Å². The maximum atomic E-state index is 11.8. The molecule has 0 bridgehead atoms. The van der Waals surface area contributed by atoms with Crippen LogP contribution in [0.3, 0.4) is 0 Å². The van der Waals surface area contributed by atoms with E-state index in [1.54, 1.807) is 0 Å². The molecule has 0 aromatic carbocycles. The zero-order valence-electron chi connectivity index (χ0n) is 8.97. The monoisotopic (exact) mass is 293 g/mol. The van der Waals surface area contributed by atoms with Crippen LogP contribution in [0.25, 0.3) is 0 Å². The lowest BCUT2D eigenvalue weighted by Gasteiger charge is -2.25. The molecule has 1 rings (SSSR count). The molecule has 0 atom stereocenters. The van der Waals surface area contributed by atoms with Gasteiger partial charge in [0.25, 0.3) is 0 Å². The highest BCUT2D eigenvalue weighted by Crippen LogP contribution is 2.24. The number of rotatable bonds is 3. The van der Waals surface area contributed by atoms with E-state index in [9.17, 15) is 26.4 Å². The molecule has 0 radical (unpaired) electrons. The van der Waals surface area contributed by atoms with Crippen molar-refractivity contribution < 1.29 is 40.0 Å². The van der Waals surface area contributed by atoms with Gasteiger partial charge >= 0.3 is 21.7 Å². The summed E-state index contributed by atoms with van der Waals surface area (Å²) in [7, 11) is -5.74. The van der Waals surface area contributed by atoms with Gasteiger partial charge in [0.2, 0.25) is 6.79 Å². The van der Waals surface area contributed by atoms with Crippen molar-refractivity contribution in [3.8, 4) is 0 Å². The minimum Gasteiger partial charge on any atom is -0.421 e. The van der Waals surface area contributed by atoms with Crippen LogP contribution >= 0.6 is 0 Å². The second-order valence-corrected chi connectivity index (χ2v) is 4.75. The van der Waals surface area contributed by atoms with Gasteiger partial charge in [-0.15, -0.1) is 0 Å². The number of halogens is 3. The lowest BCUT2D eigenvalue weighted by Crippen LogP contribution is -2.41. The first-order valence-corrected chi connectivity index (χ1v) is 6.10. The van der Waals surface area contributed by atoms with E-state index in [1.165, 1.54) is 0 Å². The maximum absolute atomic E-state index is 11.8. The molecule has 1 heterocycles. The molecule has 0 aromatic heterocycles. The van der Waals surface area contributed by atoms with Crippen molar-refractivity contribution in [2.24, 2.45) is 0 Å². The Hall–Kier alpha value is -1.07. The van der Waals surface area contributed by atoms with Crippen LogP contribution in [0.4, 0.5) is 18.0 Å². The van der Waals surface area contributed by atoms with E-state index in [4.69, 9.17) is 4.74 Å². The van der Waals surface area contributed by atoms with Gasteiger partial charge in [-0.2, -0.15) is 21.6 Å². The topological polar surface area (TPSA) is 82.1 Å². The number of amides is 1. The molecule has 18 heavy (non-hydrogen) atoms. The highest BCUT2D eigenvalue weighted by atomic mass is 32.2. The van der Waals surface area contributed by atoms with Crippen molar-refractivity contribution in [2.75, 3.05) is 33.1 Å². The highest BCUT2D eigenvalue weighted by molar-refractivity contribution is 7.87. The molecule has 1 fully saturated rings.